The average molecular weight is 461 g/mol. The summed E-state index contributed by atoms with van der Waals surface area (Å²) in [5.74, 6) is -0.160. The molecule has 0 fully saturated rings. The van der Waals surface area contributed by atoms with Gasteiger partial charge in [-0.15, -0.1) is 0 Å². The molecule has 0 aliphatic heterocycles. The van der Waals surface area contributed by atoms with Gasteiger partial charge in [-0.2, -0.15) is 0 Å². The van der Waals surface area contributed by atoms with E-state index in [2.05, 4.69) is 24.5 Å². The van der Waals surface area contributed by atoms with Crippen molar-refractivity contribution in [2.24, 2.45) is 17.6 Å². The van der Waals surface area contributed by atoms with Gasteiger partial charge in [0, 0.05) is 48.8 Å². The van der Waals surface area contributed by atoms with Crippen LogP contribution in [0.4, 0.5) is 0 Å². The van der Waals surface area contributed by atoms with E-state index in [0.717, 1.165) is 19.3 Å². The third-order valence-corrected chi connectivity index (χ3v) is 6.04. The highest BCUT2D eigenvalue weighted by atomic mass is 16.2. The fourth-order valence-electron chi connectivity index (χ4n) is 3.54. The Morgan fingerprint density at radius 1 is 1.00 bits per heavy atom. The Morgan fingerprint density at radius 3 is 2.18 bits per heavy atom. The lowest BCUT2D eigenvalue weighted by molar-refractivity contribution is -0.125. The van der Waals surface area contributed by atoms with E-state index in [9.17, 15) is 14.4 Å². The number of carbonyl (C=O) groups is 3. The molecule has 0 aliphatic rings. The molecule has 0 unspecified atom stereocenters. The quantitative estimate of drug-likeness (QED) is 0.395. The first-order valence-corrected chi connectivity index (χ1v) is 12.4. The predicted octanol–water partition coefficient (Wildman–Crippen LogP) is 3.58. The predicted molar refractivity (Wildman–Crippen MR) is 134 cm³/mol. The molecule has 0 saturated heterocycles. The molecule has 186 valence electrons. The highest BCUT2D eigenvalue weighted by molar-refractivity contribution is 5.99. The van der Waals surface area contributed by atoms with Crippen molar-refractivity contribution >= 4 is 17.7 Å². The van der Waals surface area contributed by atoms with Crippen LogP contribution in [0.3, 0.4) is 0 Å². The fraction of sp³-hybridized carbons (Fsp3) is 0.654. The van der Waals surface area contributed by atoms with Gasteiger partial charge in [-0.25, -0.2) is 0 Å². The van der Waals surface area contributed by atoms with Gasteiger partial charge in [0.05, 0.1) is 0 Å². The summed E-state index contributed by atoms with van der Waals surface area (Å²) in [7, 11) is 0. The summed E-state index contributed by atoms with van der Waals surface area (Å²) in [4.78, 5) is 39.8. The molecule has 7 nitrogen and oxygen atoms in total. The van der Waals surface area contributed by atoms with Crippen LogP contribution in [0.5, 0.6) is 0 Å². The van der Waals surface area contributed by atoms with Gasteiger partial charge in [0.2, 0.25) is 5.91 Å². The number of nitrogens with two attached hydrogens (primary N) is 1. The van der Waals surface area contributed by atoms with Gasteiger partial charge in [0.1, 0.15) is 0 Å². The fourth-order valence-corrected chi connectivity index (χ4v) is 3.54. The molecule has 33 heavy (non-hydrogen) atoms. The van der Waals surface area contributed by atoms with E-state index in [1.807, 2.05) is 32.6 Å². The molecule has 7 heteroatoms. The number of nitrogens with one attached hydrogen (secondary N) is 2. The Hall–Kier alpha value is -2.41. The number of rotatable bonds is 14. The first-order chi connectivity index (χ1) is 15.6. The van der Waals surface area contributed by atoms with Crippen LogP contribution in [0.15, 0.2) is 24.3 Å². The molecule has 0 spiro atoms. The maximum Gasteiger partial charge on any atom is 0.253 e. The average Bonchev–Trinajstić information content (AvgIpc) is 2.81. The summed E-state index contributed by atoms with van der Waals surface area (Å²) in [5, 5.41) is 5.89. The minimum absolute atomic E-state index is 0.0146. The van der Waals surface area contributed by atoms with Crippen LogP contribution < -0.4 is 16.4 Å². The zero-order valence-electron chi connectivity index (χ0n) is 21.3. The second kappa shape index (κ2) is 14.7. The standard InChI is InChI=1S/C26H44N4O3/c1-7-13-30(14-8-2)26(33)22-12-10-11-21(16-22)25(32)29-20(6)23(27)15-19(5)24(31)28-17-18(4)9-3/h10-12,16,18-20,23H,7-9,13-15,17,27H2,1-6H3,(H,28,31)(H,29,32)/t18-,19+,20-,23-/m0/s1. The van der Waals surface area contributed by atoms with Gasteiger partial charge >= 0.3 is 0 Å². The van der Waals surface area contributed by atoms with Crippen molar-refractivity contribution in [1.29, 1.82) is 0 Å². The smallest absolute Gasteiger partial charge is 0.253 e. The molecule has 4 N–H and O–H groups in total. The van der Waals surface area contributed by atoms with Crippen molar-refractivity contribution in [3.8, 4) is 0 Å². The molecule has 1 rings (SSSR count). The van der Waals surface area contributed by atoms with Crippen LogP contribution in [-0.4, -0.2) is 54.3 Å². The van der Waals surface area contributed by atoms with E-state index >= 15 is 0 Å². The van der Waals surface area contributed by atoms with Crippen molar-refractivity contribution in [3.63, 3.8) is 0 Å². The number of benzene rings is 1. The van der Waals surface area contributed by atoms with E-state index in [0.29, 0.717) is 43.1 Å². The van der Waals surface area contributed by atoms with Gasteiger partial charge in [-0.1, -0.05) is 47.1 Å². The maximum absolute atomic E-state index is 12.9. The van der Waals surface area contributed by atoms with Crippen molar-refractivity contribution in [2.75, 3.05) is 19.6 Å². The van der Waals surface area contributed by atoms with Crippen molar-refractivity contribution < 1.29 is 14.4 Å². The lowest BCUT2D eigenvalue weighted by atomic mass is 9.96. The molecular formula is C26H44N4O3. The molecule has 0 heterocycles. The lowest BCUT2D eigenvalue weighted by Gasteiger charge is -2.24. The Kier molecular flexibility index (Phi) is 12.7. The zero-order chi connectivity index (χ0) is 25.0. The number of amides is 3. The van der Waals surface area contributed by atoms with Crippen LogP contribution in [0.25, 0.3) is 0 Å². The second-order valence-corrected chi connectivity index (χ2v) is 9.19. The SMILES string of the molecule is CCCN(CCC)C(=O)c1cccc(C(=O)N[C@@H](C)[C@@H](N)C[C@@H](C)C(=O)NC[C@@H](C)CC)c1. The van der Waals surface area contributed by atoms with Crippen molar-refractivity contribution in [2.45, 2.75) is 79.3 Å². The topological polar surface area (TPSA) is 105 Å². The summed E-state index contributed by atoms with van der Waals surface area (Å²) < 4.78 is 0. The number of carbonyl (C=O) groups excluding carboxylic acids is 3. The summed E-state index contributed by atoms with van der Waals surface area (Å²) in [6, 6.07) is 6.11. The molecule has 0 bridgehead atoms. The number of hydrogen-bond donors (Lipinski definition) is 3. The Labute approximate surface area is 199 Å². The minimum Gasteiger partial charge on any atom is -0.356 e. The normalized spacial score (nSPS) is 14.6. The van der Waals surface area contributed by atoms with Crippen LogP contribution in [0.1, 0.15) is 87.9 Å². The van der Waals surface area contributed by atoms with Crippen LogP contribution in [0.2, 0.25) is 0 Å². The third-order valence-electron chi connectivity index (χ3n) is 6.04. The first kappa shape index (κ1) is 28.6. The Balaban J connectivity index is 2.71. The highest BCUT2D eigenvalue weighted by Crippen LogP contribution is 2.12. The Morgan fingerprint density at radius 2 is 1.61 bits per heavy atom. The summed E-state index contributed by atoms with van der Waals surface area (Å²) in [6.45, 7) is 14.0. The molecule has 0 aromatic heterocycles. The Bertz CT molecular complexity index is 762. The molecule has 0 aliphatic carbocycles. The molecule has 0 saturated carbocycles. The van der Waals surface area contributed by atoms with Gasteiger partial charge in [0.25, 0.3) is 11.8 Å². The molecule has 1 aromatic carbocycles. The second-order valence-electron chi connectivity index (χ2n) is 9.19. The van der Waals surface area contributed by atoms with Gasteiger partial charge in [-0.3, -0.25) is 14.4 Å². The largest absolute Gasteiger partial charge is 0.356 e. The summed E-state index contributed by atoms with van der Waals surface area (Å²) >= 11 is 0. The van der Waals surface area contributed by atoms with Crippen LogP contribution in [0, 0.1) is 11.8 Å². The summed E-state index contributed by atoms with van der Waals surface area (Å²) in [6.07, 6.45) is 3.25. The monoisotopic (exact) mass is 460 g/mol. The van der Waals surface area contributed by atoms with Crippen molar-refractivity contribution in [1.82, 2.24) is 15.5 Å². The molecule has 4 atom stereocenters. The molecule has 1 aromatic rings. The number of hydrogen-bond acceptors (Lipinski definition) is 4. The van der Waals surface area contributed by atoms with Gasteiger partial charge in [0.15, 0.2) is 0 Å². The number of nitrogens with zero attached hydrogens (tertiary/aromatic N) is 1. The highest BCUT2D eigenvalue weighted by Gasteiger charge is 2.23. The summed E-state index contributed by atoms with van der Waals surface area (Å²) in [5.41, 5.74) is 7.22. The third kappa shape index (κ3) is 9.54. The van der Waals surface area contributed by atoms with E-state index in [1.165, 1.54) is 0 Å². The minimum atomic E-state index is -0.368. The van der Waals surface area contributed by atoms with E-state index < -0.39 is 0 Å². The zero-order valence-corrected chi connectivity index (χ0v) is 21.3. The first-order valence-electron chi connectivity index (χ1n) is 12.4. The van der Waals surface area contributed by atoms with Gasteiger partial charge < -0.3 is 21.3 Å². The van der Waals surface area contributed by atoms with Crippen LogP contribution in [-0.2, 0) is 4.79 Å². The van der Waals surface area contributed by atoms with E-state index in [4.69, 9.17) is 5.73 Å². The van der Waals surface area contributed by atoms with E-state index in [1.54, 1.807) is 24.3 Å². The molecule has 3 amide bonds. The van der Waals surface area contributed by atoms with E-state index in [-0.39, 0.29) is 35.7 Å². The lowest BCUT2D eigenvalue weighted by Crippen LogP contribution is -2.47. The van der Waals surface area contributed by atoms with Crippen LogP contribution >= 0.6 is 0 Å². The van der Waals surface area contributed by atoms with Crippen molar-refractivity contribution in [3.05, 3.63) is 35.4 Å². The van der Waals surface area contributed by atoms with Gasteiger partial charge in [-0.05, 0) is 50.3 Å². The maximum atomic E-state index is 12.9. The molecule has 0 radical (unpaired) electrons. The molecular weight excluding hydrogens is 416 g/mol.